The van der Waals surface area contributed by atoms with Crippen LogP contribution in [0.4, 0.5) is 23.5 Å². The predicted octanol–water partition coefficient (Wildman–Crippen LogP) is 8.82. The molecular weight excluding hydrogens is 985 g/mol. The van der Waals surface area contributed by atoms with Crippen LogP contribution in [-0.2, 0) is 14.4 Å². The van der Waals surface area contributed by atoms with Gasteiger partial charge < -0.3 is 51.0 Å². The van der Waals surface area contributed by atoms with E-state index in [1.165, 1.54) is 95.6 Å². The monoisotopic (exact) mass is 1070 g/mol. The summed E-state index contributed by atoms with van der Waals surface area (Å²) in [5.74, 6) is -4.40. The van der Waals surface area contributed by atoms with E-state index >= 15 is 0 Å². The number of aromatic nitrogens is 3. The van der Waals surface area contributed by atoms with Crippen LogP contribution in [-0.4, -0.2) is 144 Å². The number of hydrogen-bond donors (Lipinski definition) is 8. The maximum Gasteiger partial charge on any atom is 0.336 e. The van der Waals surface area contributed by atoms with Gasteiger partial charge in [0.1, 0.15) is 31.5 Å². The standard InChI is InChI=1S/C57H80N10O10/c1-6-7-8-9-10-11-12-13-14-15-16-17-18-19-20-21-30-59-55-62-56(60-31-22-23-46(54(75)76)67(37-49(68)69)38-50(70)71)64-57(63-55)61-33-32-58-52(72)39-24-27-42(53(73)74)45(34-39)51-43-28-25-40(65(2)3)35-47(43)77-48-36-41(66(4)5)26-29-44(48)51/h24-29,34-36,46H,6-23,30-33,37-38H2,1-5H3,(H7-,58,59,60,61,62,63,64,68,69,70,71,72,73,74,75,76)/p+1. The number of amides is 1. The van der Waals surface area contributed by atoms with Gasteiger partial charge in [-0.2, -0.15) is 15.0 Å². The molecule has 0 fully saturated rings. The Bertz CT molecular complexity index is 2760. The van der Waals surface area contributed by atoms with E-state index in [9.17, 15) is 44.4 Å². The van der Waals surface area contributed by atoms with Gasteiger partial charge in [-0.25, -0.2) is 9.37 Å². The Morgan fingerprint density at radius 1 is 0.610 bits per heavy atom. The average Bonchev–Trinajstić information content (AvgIpc) is 3.41. The summed E-state index contributed by atoms with van der Waals surface area (Å²) >= 11 is 0. The van der Waals surface area contributed by atoms with Crippen molar-refractivity contribution in [2.24, 2.45) is 0 Å². The Morgan fingerprint density at radius 2 is 1.16 bits per heavy atom. The van der Waals surface area contributed by atoms with Gasteiger partial charge in [-0.1, -0.05) is 103 Å². The van der Waals surface area contributed by atoms with Crippen molar-refractivity contribution < 1.29 is 48.8 Å². The molecule has 1 amide bonds. The van der Waals surface area contributed by atoms with Gasteiger partial charge in [0, 0.05) is 80.2 Å². The number of nitrogens with one attached hydrogen (secondary N) is 4. The highest BCUT2D eigenvalue weighted by molar-refractivity contribution is 6.09. The fraction of sp³-hybridized carbons (Fsp3) is 0.526. The summed E-state index contributed by atoms with van der Waals surface area (Å²) in [7, 11) is 7.69. The number of aromatic carboxylic acids is 1. The molecule has 0 saturated heterocycles. The fourth-order valence-corrected chi connectivity index (χ4v) is 9.31. The number of carboxylic acid groups (broad SMARTS) is 4. The molecule has 8 N–H and O–H groups in total. The highest BCUT2D eigenvalue weighted by Crippen LogP contribution is 2.42. The van der Waals surface area contributed by atoms with Crippen LogP contribution < -0.4 is 36.1 Å². The van der Waals surface area contributed by atoms with Crippen LogP contribution in [0.5, 0.6) is 0 Å². The van der Waals surface area contributed by atoms with E-state index in [4.69, 9.17) is 4.42 Å². The molecule has 3 aromatic rings. The van der Waals surface area contributed by atoms with Crippen LogP contribution >= 0.6 is 0 Å². The van der Waals surface area contributed by atoms with Gasteiger partial charge >= 0.3 is 23.9 Å². The lowest BCUT2D eigenvalue weighted by molar-refractivity contribution is -0.149. The van der Waals surface area contributed by atoms with Crippen LogP contribution in [0.1, 0.15) is 143 Å². The molecule has 0 radical (unpaired) electrons. The van der Waals surface area contributed by atoms with Crippen molar-refractivity contribution in [1.82, 2.24) is 29.7 Å². The first kappa shape index (κ1) is 60.5. The molecule has 2 aromatic carbocycles. The maximum absolute atomic E-state index is 13.8. The predicted molar refractivity (Wildman–Crippen MR) is 301 cm³/mol. The first-order valence-electron chi connectivity index (χ1n) is 27.3. The summed E-state index contributed by atoms with van der Waals surface area (Å²) in [6.07, 6.45) is 20.4. The number of aliphatic carboxylic acids is 3. The topological polar surface area (TPSA) is 276 Å². The molecule has 1 atom stereocenters. The summed E-state index contributed by atoms with van der Waals surface area (Å²) in [5, 5.41) is 52.9. The number of unbranched alkanes of at least 4 members (excludes halogenated alkanes) is 15. The lowest BCUT2D eigenvalue weighted by Gasteiger charge is -2.25. The fourth-order valence-electron chi connectivity index (χ4n) is 9.31. The van der Waals surface area contributed by atoms with E-state index in [0.717, 1.165) is 35.2 Å². The number of nitrogens with zero attached hydrogens (tertiary/aromatic N) is 6. The minimum absolute atomic E-state index is 0.0175. The van der Waals surface area contributed by atoms with Crippen LogP contribution in [0.2, 0.25) is 0 Å². The zero-order chi connectivity index (χ0) is 55.7. The summed E-state index contributed by atoms with van der Waals surface area (Å²) in [6.45, 7) is 1.86. The van der Waals surface area contributed by atoms with Crippen molar-refractivity contribution in [2.75, 3.05) is 88.3 Å². The van der Waals surface area contributed by atoms with Gasteiger partial charge in [0.05, 0.1) is 24.7 Å². The third kappa shape index (κ3) is 19.6. The molecule has 1 aliphatic heterocycles. The van der Waals surface area contributed by atoms with Crippen molar-refractivity contribution >= 4 is 64.3 Å². The van der Waals surface area contributed by atoms with Crippen molar-refractivity contribution in [3.8, 4) is 22.5 Å². The number of hydrogen-bond acceptors (Lipinski definition) is 14. The van der Waals surface area contributed by atoms with Crippen molar-refractivity contribution in [1.29, 1.82) is 0 Å². The van der Waals surface area contributed by atoms with Crippen LogP contribution in [0, 0.1) is 0 Å². The first-order valence-corrected chi connectivity index (χ1v) is 27.3. The van der Waals surface area contributed by atoms with E-state index in [2.05, 4.69) is 43.1 Å². The molecule has 418 valence electrons. The highest BCUT2D eigenvalue weighted by Gasteiger charge is 2.29. The number of carboxylic acids is 4. The minimum atomic E-state index is -1.35. The van der Waals surface area contributed by atoms with Crippen molar-refractivity contribution in [3.63, 3.8) is 0 Å². The Kier molecular flexibility index (Phi) is 24.9. The quantitative estimate of drug-likeness (QED) is 0.0105. The van der Waals surface area contributed by atoms with Gasteiger partial charge in [0.25, 0.3) is 5.91 Å². The van der Waals surface area contributed by atoms with Gasteiger partial charge in [0.2, 0.25) is 23.2 Å². The van der Waals surface area contributed by atoms with E-state index in [0.29, 0.717) is 45.9 Å². The van der Waals surface area contributed by atoms with Gasteiger partial charge in [-0.05, 0) is 61.2 Å². The van der Waals surface area contributed by atoms with Gasteiger partial charge in [-0.15, -0.1) is 0 Å². The number of rotatable bonds is 37. The third-order valence-electron chi connectivity index (χ3n) is 13.5. The zero-order valence-electron chi connectivity index (χ0n) is 45.7. The Morgan fingerprint density at radius 3 is 1.68 bits per heavy atom. The molecule has 77 heavy (non-hydrogen) atoms. The molecule has 2 aliphatic rings. The van der Waals surface area contributed by atoms with E-state index < -0.39 is 48.9 Å². The summed E-state index contributed by atoms with van der Waals surface area (Å²) in [4.78, 5) is 78.0. The maximum atomic E-state index is 13.8. The second-order valence-electron chi connectivity index (χ2n) is 20.0. The van der Waals surface area contributed by atoms with Crippen LogP contribution in [0.3, 0.4) is 0 Å². The summed E-state index contributed by atoms with van der Waals surface area (Å²) in [6, 6.07) is 14.6. The molecule has 20 heteroatoms. The molecule has 1 aliphatic carbocycles. The van der Waals surface area contributed by atoms with Crippen molar-refractivity contribution in [3.05, 3.63) is 71.1 Å². The Labute approximate surface area is 451 Å². The molecular formula is C57H81N10O10+. The van der Waals surface area contributed by atoms with Gasteiger partial charge in [-0.3, -0.25) is 24.1 Å². The summed E-state index contributed by atoms with van der Waals surface area (Å²) < 4.78 is 8.41. The second-order valence-corrected chi connectivity index (χ2v) is 20.0. The first-order chi connectivity index (χ1) is 37.1. The van der Waals surface area contributed by atoms with Crippen molar-refractivity contribution in [2.45, 2.75) is 129 Å². The Hall–Kier alpha value is -7.35. The smallest absolute Gasteiger partial charge is 0.336 e. The normalized spacial score (nSPS) is 11.7. The van der Waals surface area contributed by atoms with E-state index in [1.807, 2.05) is 74.1 Å². The lowest BCUT2D eigenvalue weighted by atomic mass is 9.89. The molecule has 0 bridgehead atoms. The molecule has 20 nitrogen and oxygen atoms in total. The van der Waals surface area contributed by atoms with Gasteiger partial charge in [0.15, 0.2) is 0 Å². The third-order valence-corrected chi connectivity index (χ3v) is 13.5. The van der Waals surface area contributed by atoms with Crippen LogP contribution in [0.15, 0.2) is 59.0 Å². The van der Waals surface area contributed by atoms with E-state index in [-0.39, 0.29) is 55.5 Å². The zero-order valence-corrected chi connectivity index (χ0v) is 45.7. The van der Waals surface area contributed by atoms with Crippen LogP contribution in [0.25, 0.3) is 33.4 Å². The summed E-state index contributed by atoms with van der Waals surface area (Å²) in [5.41, 5.74) is 3.35. The van der Waals surface area contributed by atoms with E-state index in [1.54, 1.807) is 6.07 Å². The number of benzene rings is 3. The number of carbonyl (C=O) groups excluding carboxylic acids is 1. The molecule has 2 heterocycles. The molecule has 0 spiro atoms. The molecule has 0 saturated carbocycles. The number of fused-ring (bicyclic) bond motifs is 2. The second kappa shape index (κ2) is 31.6. The minimum Gasteiger partial charge on any atom is -0.480 e. The SMILES string of the molecule is CCCCCCCCCCCCCCCCCCNc1nc(NCCCC(C(=O)O)N(CC(=O)O)CC(=O)O)nc(NCCNC(=O)c2ccc(C(=O)O)c(-c3c4ccc(=[N+](C)C)cc-4oc4cc(N(C)C)ccc34)c2)n1. The molecule has 1 aromatic heterocycles. The molecule has 1 unspecified atom stereocenters. The Balaban J connectivity index is 1.23. The lowest BCUT2D eigenvalue weighted by Crippen LogP contribution is -2.46. The number of carbonyl (C=O) groups is 5. The average molecular weight is 1070 g/mol. The largest absolute Gasteiger partial charge is 0.480 e. The number of anilines is 4. The molecule has 5 rings (SSSR count). The highest BCUT2D eigenvalue weighted by atomic mass is 16.4.